The zero-order valence-corrected chi connectivity index (χ0v) is 19.5. The van der Waals surface area contributed by atoms with Crippen LogP contribution in [-0.4, -0.2) is 30.5 Å². The standard InChI is InChI=1S/C27H26N6O/c1-18-25-23(22-12-8-5-9-13-22)14-15-28-27(25)33(30-18)17-24(34)29-26-19(2)31-32(20(26)3)16-21-10-6-4-7-11-21/h4-15H,16-17H2,1-3H3,(H,29,34). The molecule has 0 atom stereocenters. The summed E-state index contributed by atoms with van der Waals surface area (Å²) in [5.74, 6) is -0.165. The van der Waals surface area contributed by atoms with Gasteiger partial charge in [0.25, 0.3) is 0 Å². The predicted octanol–water partition coefficient (Wildman–Crippen LogP) is 4.91. The maximum Gasteiger partial charge on any atom is 0.246 e. The highest BCUT2D eigenvalue weighted by molar-refractivity contribution is 5.96. The number of fused-ring (bicyclic) bond motifs is 1. The number of nitrogens with zero attached hydrogens (tertiary/aromatic N) is 5. The van der Waals surface area contributed by atoms with E-state index in [0.29, 0.717) is 12.2 Å². The number of carbonyl (C=O) groups excluding carboxylic acids is 1. The van der Waals surface area contributed by atoms with Crippen LogP contribution in [0.1, 0.15) is 22.6 Å². The topological polar surface area (TPSA) is 77.6 Å². The van der Waals surface area contributed by atoms with E-state index in [1.807, 2.05) is 67.9 Å². The third-order valence-electron chi connectivity index (χ3n) is 6.01. The van der Waals surface area contributed by atoms with Crippen molar-refractivity contribution in [1.82, 2.24) is 24.5 Å². The molecule has 34 heavy (non-hydrogen) atoms. The molecule has 3 aromatic heterocycles. The minimum Gasteiger partial charge on any atom is -0.321 e. The van der Waals surface area contributed by atoms with Gasteiger partial charge in [-0.05, 0) is 43.5 Å². The van der Waals surface area contributed by atoms with Crippen LogP contribution in [-0.2, 0) is 17.9 Å². The van der Waals surface area contributed by atoms with Gasteiger partial charge in [0.2, 0.25) is 5.91 Å². The molecule has 0 fully saturated rings. The summed E-state index contributed by atoms with van der Waals surface area (Å²) >= 11 is 0. The Kier molecular flexibility index (Phi) is 5.67. The average Bonchev–Trinajstić information content (AvgIpc) is 3.30. The first-order valence-corrected chi connectivity index (χ1v) is 11.3. The number of hydrogen-bond acceptors (Lipinski definition) is 4. The van der Waals surface area contributed by atoms with Crippen molar-refractivity contribution in [2.45, 2.75) is 33.9 Å². The fourth-order valence-electron chi connectivity index (χ4n) is 4.35. The second-order valence-corrected chi connectivity index (χ2v) is 8.40. The third-order valence-corrected chi connectivity index (χ3v) is 6.01. The molecule has 0 spiro atoms. The zero-order valence-electron chi connectivity index (χ0n) is 19.5. The van der Waals surface area contributed by atoms with E-state index in [1.165, 1.54) is 0 Å². The maximum atomic E-state index is 13.0. The van der Waals surface area contributed by atoms with E-state index < -0.39 is 0 Å². The third kappa shape index (κ3) is 4.08. The van der Waals surface area contributed by atoms with Crippen molar-refractivity contribution in [3.05, 3.63) is 95.6 Å². The lowest BCUT2D eigenvalue weighted by atomic mass is 10.0. The number of nitrogens with one attached hydrogen (secondary N) is 1. The Labute approximate surface area is 198 Å². The summed E-state index contributed by atoms with van der Waals surface area (Å²) in [4.78, 5) is 17.6. The van der Waals surface area contributed by atoms with E-state index in [0.717, 1.165) is 44.8 Å². The fraction of sp³-hybridized carbons (Fsp3) is 0.185. The molecule has 0 saturated heterocycles. The Morgan fingerprint density at radius 1 is 0.853 bits per heavy atom. The number of benzene rings is 2. The van der Waals surface area contributed by atoms with Crippen molar-refractivity contribution < 1.29 is 4.79 Å². The Hall–Kier alpha value is -4.26. The van der Waals surface area contributed by atoms with Gasteiger partial charge >= 0.3 is 0 Å². The molecule has 5 rings (SSSR count). The van der Waals surface area contributed by atoms with Crippen molar-refractivity contribution in [3.63, 3.8) is 0 Å². The summed E-state index contributed by atoms with van der Waals surface area (Å²) in [7, 11) is 0. The van der Waals surface area contributed by atoms with Crippen molar-refractivity contribution >= 4 is 22.6 Å². The minimum absolute atomic E-state index is 0.0678. The Morgan fingerprint density at radius 2 is 1.53 bits per heavy atom. The molecule has 7 nitrogen and oxygen atoms in total. The van der Waals surface area contributed by atoms with E-state index in [1.54, 1.807) is 10.9 Å². The van der Waals surface area contributed by atoms with Gasteiger partial charge in [-0.2, -0.15) is 10.2 Å². The molecular formula is C27H26N6O. The summed E-state index contributed by atoms with van der Waals surface area (Å²) in [6, 6.07) is 22.3. The number of rotatable bonds is 6. The quantitative estimate of drug-likeness (QED) is 0.399. The van der Waals surface area contributed by atoms with Gasteiger partial charge in [-0.25, -0.2) is 9.67 Å². The molecule has 0 aliphatic heterocycles. The minimum atomic E-state index is -0.165. The maximum absolute atomic E-state index is 13.0. The van der Waals surface area contributed by atoms with Gasteiger partial charge in [0.1, 0.15) is 6.54 Å². The van der Waals surface area contributed by atoms with E-state index in [-0.39, 0.29) is 12.5 Å². The lowest BCUT2D eigenvalue weighted by Crippen LogP contribution is -2.20. The first kappa shape index (κ1) is 21.6. The van der Waals surface area contributed by atoms with E-state index in [2.05, 4.69) is 44.8 Å². The van der Waals surface area contributed by atoms with Crippen molar-refractivity contribution in [3.8, 4) is 11.1 Å². The molecule has 0 saturated carbocycles. The van der Waals surface area contributed by atoms with Crippen LogP contribution in [0.5, 0.6) is 0 Å². The van der Waals surface area contributed by atoms with Crippen molar-refractivity contribution in [2.75, 3.05) is 5.32 Å². The second kappa shape index (κ2) is 8.94. The second-order valence-electron chi connectivity index (χ2n) is 8.40. The molecule has 0 aliphatic rings. The van der Waals surface area contributed by atoms with Crippen LogP contribution in [0.25, 0.3) is 22.2 Å². The Morgan fingerprint density at radius 3 is 2.26 bits per heavy atom. The summed E-state index contributed by atoms with van der Waals surface area (Å²) < 4.78 is 3.59. The Bertz CT molecular complexity index is 1470. The van der Waals surface area contributed by atoms with Crippen LogP contribution < -0.4 is 5.32 Å². The molecule has 3 heterocycles. The zero-order chi connectivity index (χ0) is 23.7. The number of amides is 1. The van der Waals surface area contributed by atoms with Crippen molar-refractivity contribution in [2.24, 2.45) is 0 Å². The lowest BCUT2D eigenvalue weighted by molar-refractivity contribution is -0.116. The molecule has 0 radical (unpaired) electrons. The average molecular weight is 451 g/mol. The van der Waals surface area contributed by atoms with Crippen molar-refractivity contribution in [1.29, 1.82) is 0 Å². The summed E-state index contributed by atoms with van der Waals surface area (Å²) in [6.07, 6.45) is 1.77. The molecule has 0 bridgehead atoms. The largest absolute Gasteiger partial charge is 0.321 e. The summed E-state index contributed by atoms with van der Waals surface area (Å²) in [5, 5.41) is 13.3. The number of aromatic nitrogens is 5. The van der Waals surface area contributed by atoms with Gasteiger partial charge in [0.15, 0.2) is 5.65 Å². The van der Waals surface area contributed by atoms with Crippen LogP contribution >= 0.6 is 0 Å². The number of carbonyl (C=O) groups is 1. The SMILES string of the molecule is Cc1nn(Cc2ccccc2)c(C)c1NC(=O)Cn1nc(C)c2c(-c3ccccc3)ccnc21. The smallest absolute Gasteiger partial charge is 0.246 e. The monoisotopic (exact) mass is 450 g/mol. The predicted molar refractivity (Wildman–Crippen MR) is 134 cm³/mol. The van der Waals surface area contributed by atoms with Gasteiger partial charge in [-0.1, -0.05) is 60.7 Å². The highest BCUT2D eigenvalue weighted by Crippen LogP contribution is 2.29. The van der Waals surface area contributed by atoms with E-state index >= 15 is 0 Å². The van der Waals surface area contributed by atoms with Gasteiger partial charge in [-0.15, -0.1) is 0 Å². The van der Waals surface area contributed by atoms with Crippen LogP contribution in [0.4, 0.5) is 5.69 Å². The van der Waals surface area contributed by atoms with Crippen LogP contribution in [0, 0.1) is 20.8 Å². The fourth-order valence-corrected chi connectivity index (χ4v) is 4.35. The van der Waals surface area contributed by atoms with Crippen LogP contribution in [0.3, 0.4) is 0 Å². The molecule has 2 aromatic carbocycles. The van der Waals surface area contributed by atoms with E-state index in [9.17, 15) is 4.79 Å². The highest BCUT2D eigenvalue weighted by Gasteiger charge is 2.18. The van der Waals surface area contributed by atoms with Crippen LogP contribution in [0.15, 0.2) is 72.9 Å². The lowest BCUT2D eigenvalue weighted by Gasteiger charge is -2.08. The van der Waals surface area contributed by atoms with Gasteiger partial charge < -0.3 is 5.32 Å². The summed E-state index contributed by atoms with van der Waals surface area (Å²) in [6.45, 7) is 6.55. The first-order valence-electron chi connectivity index (χ1n) is 11.3. The number of hydrogen-bond donors (Lipinski definition) is 1. The molecule has 1 N–H and O–H groups in total. The molecule has 1 amide bonds. The van der Waals surface area contributed by atoms with Gasteiger partial charge in [0, 0.05) is 11.6 Å². The molecule has 0 aliphatic carbocycles. The molecule has 5 aromatic rings. The number of aryl methyl sites for hydroxylation is 2. The molecular weight excluding hydrogens is 424 g/mol. The molecule has 0 unspecified atom stereocenters. The Balaban J connectivity index is 1.39. The van der Waals surface area contributed by atoms with Crippen LogP contribution in [0.2, 0.25) is 0 Å². The van der Waals surface area contributed by atoms with Gasteiger partial charge in [-0.3, -0.25) is 9.48 Å². The number of pyridine rings is 1. The normalized spacial score (nSPS) is 11.1. The van der Waals surface area contributed by atoms with Gasteiger partial charge in [0.05, 0.1) is 29.3 Å². The highest BCUT2D eigenvalue weighted by atomic mass is 16.2. The molecule has 170 valence electrons. The van der Waals surface area contributed by atoms with E-state index in [4.69, 9.17) is 0 Å². The number of anilines is 1. The molecule has 7 heteroatoms. The first-order chi connectivity index (χ1) is 16.5. The summed E-state index contributed by atoms with van der Waals surface area (Å²) in [5.41, 5.74) is 7.30.